The van der Waals surface area contributed by atoms with Crippen molar-refractivity contribution in [3.8, 4) is 5.75 Å². The predicted molar refractivity (Wildman–Crippen MR) is 71.4 cm³/mol. The summed E-state index contributed by atoms with van der Waals surface area (Å²) in [5.41, 5.74) is 1.45. The minimum absolute atomic E-state index is 0.170. The molecule has 0 atom stereocenters. The second-order valence-corrected chi connectivity index (χ2v) is 5.13. The highest BCUT2D eigenvalue weighted by Crippen LogP contribution is 2.25. The molecule has 0 N–H and O–H groups in total. The van der Waals surface area contributed by atoms with E-state index in [2.05, 4.69) is 21.0 Å². The molecule has 0 aliphatic heterocycles. The normalized spacial score (nSPS) is 10.7. The van der Waals surface area contributed by atoms with Gasteiger partial charge in [-0.1, -0.05) is 27.5 Å². The lowest BCUT2D eigenvalue weighted by Crippen LogP contribution is -2.04. The fraction of sp³-hybridized carbons (Fsp3) is 0.250. The number of aryl methyl sites for hydroxylation is 2. The predicted octanol–water partition coefficient (Wildman–Crippen LogP) is 3.86. The molecule has 18 heavy (non-hydrogen) atoms. The fourth-order valence-corrected chi connectivity index (χ4v) is 2.13. The van der Waals surface area contributed by atoms with E-state index in [1.54, 1.807) is 23.9 Å². The molecule has 0 radical (unpaired) electrons. The molecule has 0 aliphatic rings. The van der Waals surface area contributed by atoms with Crippen LogP contribution >= 0.6 is 27.5 Å². The zero-order valence-electron chi connectivity index (χ0n) is 9.88. The molecule has 0 saturated heterocycles. The van der Waals surface area contributed by atoms with E-state index in [1.165, 1.54) is 6.07 Å². The molecule has 0 bridgehead atoms. The van der Waals surface area contributed by atoms with Crippen LogP contribution in [0.5, 0.6) is 5.75 Å². The Morgan fingerprint density at radius 1 is 1.50 bits per heavy atom. The Bertz CT molecular complexity index is 586. The smallest absolute Gasteiger partial charge is 0.165 e. The molecule has 6 heteroatoms. The van der Waals surface area contributed by atoms with Crippen LogP contribution in [0.4, 0.5) is 4.39 Å². The van der Waals surface area contributed by atoms with E-state index >= 15 is 0 Å². The maximum absolute atomic E-state index is 13.5. The van der Waals surface area contributed by atoms with Gasteiger partial charge in [0.05, 0.1) is 16.4 Å². The molecule has 1 heterocycles. The molecule has 0 amide bonds. The molecule has 0 saturated carbocycles. The van der Waals surface area contributed by atoms with Crippen molar-refractivity contribution in [3.05, 3.63) is 44.9 Å². The van der Waals surface area contributed by atoms with E-state index in [-0.39, 0.29) is 12.4 Å². The second-order valence-electron chi connectivity index (χ2n) is 3.83. The van der Waals surface area contributed by atoms with Crippen molar-refractivity contribution < 1.29 is 9.13 Å². The van der Waals surface area contributed by atoms with Gasteiger partial charge in [0.15, 0.2) is 11.6 Å². The van der Waals surface area contributed by atoms with Crippen molar-refractivity contribution in [1.82, 2.24) is 9.78 Å². The van der Waals surface area contributed by atoms with Gasteiger partial charge in [-0.15, -0.1) is 0 Å². The molecule has 2 rings (SSSR count). The number of ether oxygens (including phenoxy) is 1. The largest absolute Gasteiger partial charge is 0.484 e. The molecule has 3 nitrogen and oxygen atoms in total. The first-order valence-electron chi connectivity index (χ1n) is 5.25. The lowest BCUT2D eigenvalue weighted by atomic mass is 10.3. The van der Waals surface area contributed by atoms with E-state index in [1.807, 2.05) is 6.92 Å². The number of hydrogen-bond acceptors (Lipinski definition) is 2. The van der Waals surface area contributed by atoms with Crippen LogP contribution in [0.3, 0.4) is 0 Å². The summed E-state index contributed by atoms with van der Waals surface area (Å²) >= 11 is 9.35. The zero-order chi connectivity index (χ0) is 13.3. The third-order valence-corrected chi connectivity index (χ3v) is 3.50. The van der Waals surface area contributed by atoms with Gasteiger partial charge in [0.25, 0.3) is 0 Å². The van der Waals surface area contributed by atoms with Crippen LogP contribution in [0.15, 0.2) is 22.7 Å². The molecule has 0 spiro atoms. The zero-order valence-corrected chi connectivity index (χ0v) is 12.2. The van der Waals surface area contributed by atoms with Crippen LogP contribution in [0.25, 0.3) is 0 Å². The Morgan fingerprint density at radius 3 is 2.83 bits per heavy atom. The van der Waals surface area contributed by atoms with Gasteiger partial charge in [0.1, 0.15) is 6.61 Å². The molecule has 1 aromatic heterocycles. The van der Waals surface area contributed by atoms with Crippen molar-refractivity contribution in [1.29, 1.82) is 0 Å². The number of rotatable bonds is 3. The van der Waals surface area contributed by atoms with Gasteiger partial charge in [0, 0.05) is 11.5 Å². The van der Waals surface area contributed by atoms with Crippen molar-refractivity contribution in [3.63, 3.8) is 0 Å². The van der Waals surface area contributed by atoms with E-state index in [9.17, 15) is 4.39 Å². The summed E-state index contributed by atoms with van der Waals surface area (Å²) in [6, 6.07) is 4.53. The molecule has 1 aromatic carbocycles. The summed E-state index contributed by atoms with van der Waals surface area (Å²) in [6.07, 6.45) is 0. The van der Waals surface area contributed by atoms with Crippen LogP contribution in [0.1, 0.15) is 11.4 Å². The van der Waals surface area contributed by atoms with Crippen LogP contribution in [0, 0.1) is 12.7 Å². The van der Waals surface area contributed by atoms with Gasteiger partial charge >= 0.3 is 0 Å². The SMILES string of the molecule is Cc1nn(C)c(COc2cc(Br)ccc2F)c1Cl. The van der Waals surface area contributed by atoms with Gasteiger partial charge in [-0.25, -0.2) is 4.39 Å². The summed E-state index contributed by atoms with van der Waals surface area (Å²) in [4.78, 5) is 0. The van der Waals surface area contributed by atoms with E-state index in [0.29, 0.717) is 10.7 Å². The Morgan fingerprint density at radius 2 is 2.22 bits per heavy atom. The average molecular weight is 334 g/mol. The first-order valence-corrected chi connectivity index (χ1v) is 6.42. The minimum Gasteiger partial charge on any atom is -0.484 e. The molecule has 96 valence electrons. The minimum atomic E-state index is -0.409. The van der Waals surface area contributed by atoms with E-state index in [0.717, 1.165) is 10.2 Å². The highest BCUT2D eigenvalue weighted by Gasteiger charge is 2.12. The monoisotopic (exact) mass is 332 g/mol. The summed E-state index contributed by atoms with van der Waals surface area (Å²) in [5, 5.41) is 4.71. The standard InChI is InChI=1S/C12H11BrClFN2O/c1-7-12(14)10(17(2)16-7)6-18-11-5-8(13)3-4-9(11)15/h3-5H,6H2,1-2H3. The molecular formula is C12H11BrClFN2O. The molecule has 2 aromatic rings. The molecule has 0 unspecified atom stereocenters. The second kappa shape index (κ2) is 5.28. The number of halogens is 3. The summed E-state index contributed by atoms with van der Waals surface area (Å²) < 4.78 is 21.3. The van der Waals surface area contributed by atoms with Gasteiger partial charge in [-0.3, -0.25) is 4.68 Å². The number of benzene rings is 1. The third kappa shape index (κ3) is 2.67. The van der Waals surface area contributed by atoms with Gasteiger partial charge < -0.3 is 4.74 Å². The molecule has 0 aliphatic carbocycles. The van der Waals surface area contributed by atoms with Crippen molar-refractivity contribution in [2.45, 2.75) is 13.5 Å². The quantitative estimate of drug-likeness (QED) is 0.853. The summed E-state index contributed by atoms with van der Waals surface area (Å²) in [6.45, 7) is 1.98. The van der Waals surface area contributed by atoms with E-state index < -0.39 is 5.82 Å². The average Bonchev–Trinajstić information content (AvgIpc) is 2.55. The van der Waals surface area contributed by atoms with Gasteiger partial charge in [0.2, 0.25) is 0 Å². The maximum Gasteiger partial charge on any atom is 0.165 e. The fourth-order valence-electron chi connectivity index (χ4n) is 1.57. The Hall–Kier alpha value is -1.07. The lowest BCUT2D eigenvalue weighted by molar-refractivity contribution is 0.280. The maximum atomic E-state index is 13.5. The molecular weight excluding hydrogens is 322 g/mol. The Balaban J connectivity index is 2.19. The Kier molecular flexibility index (Phi) is 3.92. The van der Waals surface area contributed by atoms with Crippen LogP contribution < -0.4 is 4.74 Å². The van der Waals surface area contributed by atoms with Crippen molar-refractivity contribution in [2.24, 2.45) is 7.05 Å². The highest BCUT2D eigenvalue weighted by atomic mass is 79.9. The number of aromatic nitrogens is 2. The number of nitrogens with zero attached hydrogens (tertiary/aromatic N) is 2. The first-order chi connectivity index (χ1) is 8.49. The van der Waals surface area contributed by atoms with E-state index in [4.69, 9.17) is 16.3 Å². The topological polar surface area (TPSA) is 27.1 Å². The lowest BCUT2D eigenvalue weighted by Gasteiger charge is -2.08. The molecule has 0 fully saturated rings. The van der Waals surface area contributed by atoms with Gasteiger partial charge in [-0.2, -0.15) is 5.10 Å². The van der Waals surface area contributed by atoms with Crippen molar-refractivity contribution in [2.75, 3.05) is 0 Å². The Labute approximate surface area is 118 Å². The first kappa shape index (κ1) is 13.4. The highest BCUT2D eigenvalue weighted by molar-refractivity contribution is 9.10. The van der Waals surface area contributed by atoms with Crippen LogP contribution in [-0.2, 0) is 13.7 Å². The number of hydrogen-bond donors (Lipinski definition) is 0. The van der Waals surface area contributed by atoms with Crippen LogP contribution in [-0.4, -0.2) is 9.78 Å². The van der Waals surface area contributed by atoms with Gasteiger partial charge in [-0.05, 0) is 25.1 Å². The third-order valence-electron chi connectivity index (χ3n) is 2.52. The van der Waals surface area contributed by atoms with Crippen molar-refractivity contribution >= 4 is 27.5 Å². The van der Waals surface area contributed by atoms with Crippen LogP contribution in [0.2, 0.25) is 5.02 Å². The summed E-state index contributed by atoms with van der Waals surface area (Å²) in [5.74, 6) is -0.229. The summed E-state index contributed by atoms with van der Waals surface area (Å²) in [7, 11) is 1.77.